The average molecular weight is 833 g/mol. The lowest BCUT2D eigenvalue weighted by molar-refractivity contribution is -0.123. The number of nitrogens with zero attached hydrogens (tertiary/aromatic N) is 2. The number of ether oxygens (including phenoxy) is 1. The van der Waals surface area contributed by atoms with E-state index < -0.39 is 32.8 Å². The number of rotatable bonds is 7. The number of hydrogen-bond acceptors (Lipinski definition) is 7. The summed E-state index contributed by atoms with van der Waals surface area (Å²) in [5.74, 6) is -1.34. The first-order chi connectivity index (χ1) is 24.7. The molecule has 3 aromatic carbocycles. The van der Waals surface area contributed by atoms with Crippen LogP contribution in [0.3, 0.4) is 0 Å². The van der Waals surface area contributed by atoms with Crippen LogP contribution in [0, 0.1) is 5.41 Å². The van der Waals surface area contributed by atoms with E-state index in [0.29, 0.717) is 44.3 Å². The molecule has 0 spiro atoms. The van der Waals surface area contributed by atoms with E-state index in [1.165, 1.54) is 0 Å². The number of anilines is 1. The van der Waals surface area contributed by atoms with Gasteiger partial charge in [-0.1, -0.05) is 61.7 Å². The Bertz CT molecular complexity index is 2530. The van der Waals surface area contributed by atoms with Crippen LogP contribution in [0.25, 0.3) is 16.7 Å². The maximum atomic E-state index is 13.2. The van der Waals surface area contributed by atoms with Gasteiger partial charge in [0.15, 0.2) is 5.54 Å². The van der Waals surface area contributed by atoms with Crippen LogP contribution < -0.4 is 24.8 Å². The molecule has 14 heteroatoms. The van der Waals surface area contributed by atoms with Crippen LogP contribution >= 0.6 is 46.6 Å². The molecule has 0 bridgehead atoms. The van der Waals surface area contributed by atoms with Crippen molar-refractivity contribution in [2.45, 2.75) is 71.4 Å². The van der Waals surface area contributed by atoms with Gasteiger partial charge in [0, 0.05) is 70.4 Å². The maximum absolute atomic E-state index is 13.2. The van der Waals surface area contributed by atoms with E-state index in [1.54, 1.807) is 39.0 Å². The Morgan fingerprint density at radius 3 is 2.19 bits per heavy atom. The second-order valence-electron chi connectivity index (χ2n) is 16.1. The number of ketones is 1. The highest BCUT2D eigenvalue weighted by atomic mass is 35.5. The van der Waals surface area contributed by atoms with E-state index in [2.05, 4.69) is 24.8 Å². The summed E-state index contributed by atoms with van der Waals surface area (Å²) in [6, 6.07) is 7.38. The molecule has 0 saturated heterocycles. The van der Waals surface area contributed by atoms with Gasteiger partial charge in [-0.2, -0.15) is 8.42 Å². The number of Topliss-reactive ketones (excluding diaryl/α,β-unsaturated/α-hetero) is 1. The molecule has 9 nitrogen and oxygen atoms in total. The molecule has 0 atom stereocenters. The Hall–Kier alpha value is -3.32. The molecule has 286 valence electrons. The quantitative estimate of drug-likeness (QED) is 0.0821. The second-order valence-corrected chi connectivity index (χ2v) is 19.7. The number of hydrogen-bond donors (Lipinski definition) is 2. The van der Waals surface area contributed by atoms with Crippen molar-refractivity contribution in [2.24, 2.45) is 5.41 Å². The van der Waals surface area contributed by atoms with Gasteiger partial charge >= 0.3 is 5.97 Å². The molecule has 0 aliphatic carbocycles. The zero-order valence-corrected chi connectivity index (χ0v) is 35.6. The van der Waals surface area contributed by atoms with E-state index in [4.69, 9.17) is 39.5 Å². The predicted molar refractivity (Wildman–Crippen MR) is 219 cm³/mol. The minimum atomic E-state index is -4.46. The van der Waals surface area contributed by atoms with Gasteiger partial charge in [-0.25, -0.2) is 9.37 Å². The predicted octanol–water partition coefficient (Wildman–Crippen LogP) is 8.22. The second kappa shape index (κ2) is 13.4. The third-order valence-corrected chi connectivity index (χ3v) is 13.8. The van der Waals surface area contributed by atoms with E-state index in [0.717, 1.165) is 28.6 Å². The van der Waals surface area contributed by atoms with Crippen molar-refractivity contribution in [1.29, 1.82) is 0 Å². The van der Waals surface area contributed by atoms with Gasteiger partial charge in [-0.3, -0.25) is 9.35 Å². The van der Waals surface area contributed by atoms with Crippen LogP contribution in [0.2, 0.25) is 15.1 Å². The van der Waals surface area contributed by atoms with Crippen molar-refractivity contribution in [3.8, 4) is 11.5 Å². The highest BCUT2D eigenvalue weighted by molar-refractivity contribution is 8.00. The molecule has 0 amide bonds. The molecule has 3 aromatic rings. The summed E-state index contributed by atoms with van der Waals surface area (Å²) in [6.45, 7) is 15.5. The average Bonchev–Trinajstić information content (AvgIpc) is 3.04. The molecule has 0 unspecified atom stereocenters. The molecule has 3 aliphatic heterocycles. The van der Waals surface area contributed by atoms with Crippen molar-refractivity contribution in [3.05, 3.63) is 89.9 Å². The number of halogens is 3. The van der Waals surface area contributed by atoms with Crippen molar-refractivity contribution >= 4 is 90.8 Å². The zero-order valence-electron chi connectivity index (χ0n) is 31.7. The third kappa shape index (κ3) is 6.90. The Morgan fingerprint density at radius 2 is 1.59 bits per heavy atom. The van der Waals surface area contributed by atoms with Crippen molar-refractivity contribution < 1.29 is 32.4 Å². The third-order valence-electron chi connectivity index (χ3n) is 10.5. The van der Waals surface area contributed by atoms with Crippen molar-refractivity contribution in [2.75, 3.05) is 30.5 Å². The summed E-state index contributed by atoms with van der Waals surface area (Å²) in [5.41, 5.74) is 2.56. The van der Waals surface area contributed by atoms with Crippen LogP contribution in [-0.2, 0) is 14.9 Å². The minimum Gasteiger partial charge on any atom is -0.478 e. The number of carbonyl (C=O) groups excluding carboxylic acids is 1. The molecule has 2 N–H and O–H groups in total. The standard InChI is InChI=1S/C40H41Cl3N2O7S2/c1-19-15-39(5,6)44(9)25-13-27-23(11-21(19)25)30(31-32(37(47)48)33(41)35(43)36(34(31)42)53-17-29(46)38(2,3)4)24-12-22-20(18-54(49,50)51)16-40(7,8)45(10)26(22)14-28(24)52-27/h11-16H,17-18H2,1-10H3,(H-,47,48,49,50,51)/p+1. The molecular weight excluding hydrogens is 791 g/mol. The van der Waals surface area contributed by atoms with Crippen molar-refractivity contribution in [1.82, 2.24) is 4.58 Å². The topological polar surface area (TPSA) is 124 Å². The van der Waals surface area contributed by atoms with Gasteiger partial charge in [0.2, 0.25) is 5.36 Å². The number of thioether (sulfide) groups is 1. The number of carbonyl (C=O) groups is 2. The number of allylic oxidation sites excluding steroid dienone is 1. The summed E-state index contributed by atoms with van der Waals surface area (Å²) >= 11 is 22.0. The first-order valence-corrected chi connectivity index (χ1v) is 20.8. The van der Waals surface area contributed by atoms with Gasteiger partial charge in [0.1, 0.15) is 30.1 Å². The number of benzene rings is 3. The fraction of sp³-hybridized carbons (Fsp3) is 0.375. The fourth-order valence-electron chi connectivity index (χ4n) is 7.16. The smallest absolute Gasteiger partial charge is 0.337 e. The number of likely N-dealkylation sites (N-methyl/N-ethyl adjacent to an activating group) is 2. The van der Waals surface area contributed by atoms with Gasteiger partial charge in [-0.15, -0.1) is 11.8 Å². The summed E-state index contributed by atoms with van der Waals surface area (Å²) in [6.07, 6.45) is 3.93. The maximum Gasteiger partial charge on any atom is 0.337 e. The van der Waals surface area contributed by atoms with E-state index in [1.807, 2.05) is 51.6 Å². The van der Waals surface area contributed by atoms with E-state index in [9.17, 15) is 27.7 Å². The fourth-order valence-corrected chi connectivity index (χ4v) is 10.1. The van der Waals surface area contributed by atoms with Crippen LogP contribution in [0.5, 0.6) is 11.5 Å². The molecule has 54 heavy (non-hydrogen) atoms. The van der Waals surface area contributed by atoms with Crippen LogP contribution in [-0.4, -0.2) is 66.5 Å². The summed E-state index contributed by atoms with van der Waals surface area (Å²) in [4.78, 5) is 28.7. The lowest BCUT2D eigenvalue weighted by Gasteiger charge is -2.41. The summed E-state index contributed by atoms with van der Waals surface area (Å²) < 4.78 is 43.4. The molecule has 0 aromatic heterocycles. The minimum absolute atomic E-state index is 0.00419. The highest BCUT2D eigenvalue weighted by Gasteiger charge is 2.38. The summed E-state index contributed by atoms with van der Waals surface area (Å²) in [5, 5.41) is 11.5. The molecule has 0 fully saturated rings. The lowest BCUT2D eigenvalue weighted by Crippen LogP contribution is -2.47. The van der Waals surface area contributed by atoms with Crippen LogP contribution in [0.1, 0.15) is 88.0 Å². The molecule has 0 saturated carbocycles. The van der Waals surface area contributed by atoms with E-state index >= 15 is 0 Å². The Labute approximate surface area is 334 Å². The SMILES string of the molecule is CC1=CC(C)(C)N(C)c2cc3c(cc21)C(c1c(Cl)c(SCC(=O)C(C)(C)C)c(Cl)c(Cl)c1C(=O)O)=c1cc2c(cc1O3)=[N+](C)C(C)(C)C=C2CS(=O)(=O)O. The normalized spacial score (nSPS) is 17.1. The van der Waals surface area contributed by atoms with Crippen molar-refractivity contribution in [3.63, 3.8) is 0 Å². The first kappa shape index (κ1) is 40.3. The number of carboxylic acid groups (broad SMARTS) is 1. The van der Waals surface area contributed by atoms with Gasteiger partial charge in [0.25, 0.3) is 10.1 Å². The summed E-state index contributed by atoms with van der Waals surface area (Å²) in [7, 11) is -0.598. The van der Waals surface area contributed by atoms with Gasteiger partial charge in [-0.05, 0) is 50.1 Å². The number of fused-ring (bicyclic) bond motifs is 4. The van der Waals surface area contributed by atoms with Gasteiger partial charge in [0.05, 0.1) is 43.6 Å². The molecule has 0 radical (unpaired) electrons. The monoisotopic (exact) mass is 831 g/mol. The number of carboxylic acids is 1. The Morgan fingerprint density at radius 1 is 0.944 bits per heavy atom. The van der Waals surface area contributed by atoms with Crippen LogP contribution in [0.15, 0.2) is 41.3 Å². The number of aromatic carboxylic acids is 1. The van der Waals surface area contributed by atoms with E-state index in [-0.39, 0.29) is 48.2 Å². The molecular formula is C40H42Cl3N2O7S2+. The Balaban J connectivity index is 1.81. The molecule has 3 aliphatic rings. The first-order valence-electron chi connectivity index (χ1n) is 17.1. The molecule has 3 heterocycles. The molecule has 6 rings (SSSR count). The largest absolute Gasteiger partial charge is 0.478 e. The van der Waals surface area contributed by atoms with Gasteiger partial charge < -0.3 is 14.7 Å². The van der Waals surface area contributed by atoms with Crippen LogP contribution in [0.4, 0.5) is 5.69 Å². The highest BCUT2D eigenvalue weighted by Crippen LogP contribution is 2.51. The zero-order chi connectivity index (χ0) is 40.2. The Kier molecular flexibility index (Phi) is 10.0. The lowest BCUT2D eigenvalue weighted by atomic mass is 9.83.